The van der Waals surface area contributed by atoms with Gasteiger partial charge in [-0.1, -0.05) is 18.2 Å². The number of aromatic nitrogens is 2. The molecule has 1 aromatic carbocycles. The molecule has 5 nitrogen and oxygen atoms in total. The maximum atomic E-state index is 13.5. The summed E-state index contributed by atoms with van der Waals surface area (Å²) in [5.74, 6) is -0.341. The zero-order valence-corrected chi connectivity index (χ0v) is 15.3. The number of hydrogen-bond acceptors (Lipinski definition) is 4. The molecule has 2 atom stereocenters. The number of carbonyl (C=O) groups excluding carboxylic acids is 1. The van der Waals surface area contributed by atoms with Crippen LogP contribution in [-0.2, 0) is 13.5 Å². The Hall–Kier alpha value is -2.55. The third-order valence-electron chi connectivity index (χ3n) is 4.59. The van der Waals surface area contributed by atoms with Gasteiger partial charge in [-0.05, 0) is 24.6 Å². The van der Waals surface area contributed by atoms with Crippen LogP contribution in [0.25, 0.3) is 10.2 Å². The number of amides is 1. The number of fused-ring (bicyclic) bond motifs is 2. The minimum absolute atomic E-state index is 0.0531. The predicted molar refractivity (Wildman–Crippen MR) is 95.2 cm³/mol. The van der Waals surface area contributed by atoms with Gasteiger partial charge in [-0.25, -0.2) is 0 Å². The van der Waals surface area contributed by atoms with Crippen LogP contribution in [0.5, 0.6) is 5.75 Å². The van der Waals surface area contributed by atoms with E-state index in [-0.39, 0.29) is 12.2 Å². The molecular formula is C18H16F3N3O2S. The molecule has 3 aromatic rings. The summed E-state index contributed by atoms with van der Waals surface area (Å²) in [6.07, 6.45) is -6.63. The highest BCUT2D eigenvalue weighted by Crippen LogP contribution is 2.35. The van der Waals surface area contributed by atoms with Crippen LogP contribution in [0, 0.1) is 6.92 Å². The summed E-state index contributed by atoms with van der Waals surface area (Å²) in [5, 5.41) is 7.61. The lowest BCUT2D eigenvalue weighted by Crippen LogP contribution is -2.55. The van der Waals surface area contributed by atoms with Crippen LogP contribution in [0.1, 0.15) is 20.9 Å². The highest BCUT2D eigenvalue weighted by atomic mass is 32.1. The first kappa shape index (κ1) is 17.8. The van der Waals surface area contributed by atoms with Gasteiger partial charge in [0.15, 0.2) is 0 Å². The molecule has 1 aliphatic heterocycles. The van der Waals surface area contributed by atoms with E-state index in [0.717, 1.165) is 15.9 Å². The first-order valence-corrected chi connectivity index (χ1v) is 9.11. The van der Waals surface area contributed by atoms with E-state index in [0.29, 0.717) is 10.4 Å². The Balaban J connectivity index is 1.62. The van der Waals surface area contributed by atoms with Crippen molar-refractivity contribution in [2.45, 2.75) is 31.7 Å². The van der Waals surface area contributed by atoms with Crippen LogP contribution in [0.3, 0.4) is 0 Å². The van der Waals surface area contributed by atoms with Gasteiger partial charge < -0.3 is 10.1 Å². The van der Waals surface area contributed by atoms with E-state index < -0.39 is 24.2 Å². The maximum absolute atomic E-state index is 13.5. The Morgan fingerprint density at radius 3 is 2.81 bits per heavy atom. The number of hydrogen-bond donors (Lipinski definition) is 1. The van der Waals surface area contributed by atoms with Crippen molar-refractivity contribution in [2.24, 2.45) is 7.05 Å². The van der Waals surface area contributed by atoms with Gasteiger partial charge >= 0.3 is 6.18 Å². The first-order chi connectivity index (χ1) is 12.7. The van der Waals surface area contributed by atoms with E-state index >= 15 is 0 Å². The van der Waals surface area contributed by atoms with E-state index in [4.69, 9.17) is 4.74 Å². The van der Waals surface area contributed by atoms with Crippen molar-refractivity contribution in [3.63, 3.8) is 0 Å². The lowest BCUT2D eigenvalue weighted by molar-refractivity contribution is -0.205. The van der Waals surface area contributed by atoms with Gasteiger partial charge in [-0.3, -0.25) is 9.48 Å². The number of aryl methyl sites for hydroxylation is 2. The fourth-order valence-electron chi connectivity index (χ4n) is 3.33. The van der Waals surface area contributed by atoms with Crippen molar-refractivity contribution in [3.05, 3.63) is 46.5 Å². The van der Waals surface area contributed by atoms with Crippen LogP contribution in [0.15, 0.2) is 30.3 Å². The van der Waals surface area contributed by atoms with E-state index in [2.05, 4.69) is 10.4 Å². The van der Waals surface area contributed by atoms with Crippen molar-refractivity contribution in [1.29, 1.82) is 0 Å². The second-order valence-corrected chi connectivity index (χ2v) is 7.54. The predicted octanol–water partition coefficient (Wildman–Crippen LogP) is 3.61. The minimum Gasteiger partial charge on any atom is -0.478 e. The Labute approximate surface area is 156 Å². The van der Waals surface area contributed by atoms with E-state index in [1.807, 2.05) is 6.92 Å². The fraction of sp³-hybridized carbons (Fsp3) is 0.333. The van der Waals surface area contributed by atoms with E-state index in [1.54, 1.807) is 36.0 Å². The summed E-state index contributed by atoms with van der Waals surface area (Å²) < 4.78 is 47.3. The van der Waals surface area contributed by atoms with Crippen molar-refractivity contribution in [3.8, 4) is 5.75 Å². The summed E-state index contributed by atoms with van der Waals surface area (Å²) >= 11 is 1.20. The Bertz CT molecular complexity index is 990. The van der Waals surface area contributed by atoms with Gasteiger partial charge in [0.1, 0.15) is 10.6 Å². The Kier molecular flexibility index (Phi) is 4.14. The van der Waals surface area contributed by atoms with Crippen molar-refractivity contribution < 1.29 is 22.7 Å². The van der Waals surface area contributed by atoms with Crippen LogP contribution in [0.2, 0.25) is 0 Å². The quantitative estimate of drug-likeness (QED) is 0.721. The minimum atomic E-state index is -4.59. The second-order valence-electron chi connectivity index (χ2n) is 6.51. The lowest BCUT2D eigenvalue weighted by atomic mass is 9.96. The van der Waals surface area contributed by atoms with Crippen LogP contribution >= 0.6 is 11.3 Å². The van der Waals surface area contributed by atoms with Gasteiger partial charge in [0.05, 0.1) is 16.6 Å². The van der Waals surface area contributed by atoms with E-state index in [9.17, 15) is 18.0 Å². The number of benzene rings is 1. The molecule has 0 unspecified atom stereocenters. The Morgan fingerprint density at radius 2 is 2.11 bits per heavy atom. The molecule has 0 saturated carbocycles. The zero-order valence-electron chi connectivity index (χ0n) is 14.5. The number of rotatable bonds is 2. The molecule has 0 fully saturated rings. The molecule has 27 heavy (non-hydrogen) atoms. The molecule has 3 heterocycles. The average Bonchev–Trinajstić information content (AvgIpc) is 3.15. The molecule has 142 valence electrons. The normalized spacial score (nSPS) is 19.6. The number of nitrogens with zero attached hydrogens (tertiary/aromatic N) is 2. The molecule has 9 heteroatoms. The fourth-order valence-corrected chi connectivity index (χ4v) is 4.35. The molecule has 4 rings (SSSR count). The smallest absolute Gasteiger partial charge is 0.427 e. The van der Waals surface area contributed by atoms with Crippen molar-refractivity contribution in [1.82, 2.24) is 15.1 Å². The number of carbonyl (C=O) groups is 1. The third kappa shape index (κ3) is 3.16. The van der Waals surface area contributed by atoms with Gasteiger partial charge in [-0.15, -0.1) is 11.3 Å². The molecule has 0 bridgehead atoms. The summed E-state index contributed by atoms with van der Waals surface area (Å²) in [5.41, 5.74) is 1.41. The third-order valence-corrected chi connectivity index (χ3v) is 5.79. The number of ether oxygens (including phenoxy) is 1. The van der Waals surface area contributed by atoms with Gasteiger partial charge in [0.2, 0.25) is 6.10 Å². The summed E-state index contributed by atoms with van der Waals surface area (Å²) in [6, 6.07) is 7.04. The molecule has 0 spiro atoms. The molecule has 0 aliphatic carbocycles. The number of nitrogens with one attached hydrogen (secondary N) is 1. The standard InChI is InChI=1S/C18H16F3N3O2S/c1-9-11-8-14(27-17(11)24(2)23-9)16(25)22-12-7-10-5-3-4-6-13(10)26-15(12)18(19,20)21/h3-6,8,12,15H,7H2,1-2H3,(H,22,25)/t12-,15-/m1/s1. The molecular weight excluding hydrogens is 379 g/mol. The number of halogens is 3. The number of para-hydroxylation sites is 1. The molecule has 1 amide bonds. The topological polar surface area (TPSA) is 56.2 Å². The van der Waals surface area contributed by atoms with Crippen molar-refractivity contribution >= 4 is 27.5 Å². The second kappa shape index (κ2) is 6.26. The number of thiophene rings is 1. The highest BCUT2D eigenvalue weighted by molar-refractivity contribution is 7.20. The van der Waals surface area contributed by atoms with Crippen LogP contribution < -0.4 is 10.1 Å². The highest BCUT2D eigenvalue weighted by Gasteiger charge is 2.49. The SMILES string of the molecule is Cc1nn(C)c2sc(C(=O)N[C@@H]3Cc4ccccc4O[C@H]3C(F)(F)F)cc12. The molecule has 2 aromatic heterocycles. The summed E-state index contributed by atoms with van der Waals surface area (Å²) in [6.45, 7) is 1.82. The molecule has 0 radical (unpaired) electrons. The largest absolute Gasteiger partial charge is 0.478 e. The maximum Gasteiger partial charge on any atom is 0.427 e. The monoisotopic (exact) mass is 395 g/mol. The first-order valence-electron chi connectivity index (χ1n) is 8.29. The van der Waals surface area contributed by atoms with Crippen LogP contribution in [-0.4, -0.2) is 34.0 Å². The molecule has 1 aliphatic rings. The molecule has 0 saturated heterocycles. The van der Waals surface area contributed by atoms with Gasteiger partial charge in [-0.2, -0.15) is 18.3 Å². The Morgan fingerprint density at radius 1 is 1.37 bits per heavy atom. The van der Waals surface area contributed by atoms with Gasteiger partial charge in [0, 0.05) is 18.9 Å². The van der Waals surface area contributed by atoms with E-state index in [1.165, 1.54) is 17.4 Å². The number of alkyl halides is 3. The zero-order chi connectivity index (χ0) is 19.3. The molecule has 1 N–H and O–H groups in total. The van der Waals surface area contributed by atoms with Gasteiger partial charge in [0.25, 0.3) is 5.91 Å². The lowest BCUT2D eigenvalue weighted by Gasteiger charge is -2.35. The summed E-state index contributed by atoms with van der Waals surface area (Å²) in [4.78, 5) is 13.8. The van der Waals surface area contributed by atoms with Crippen LogP contribution in [0.4, 0.5) is 13.2 Å². The van der Waals surface area contributed by atoms with Crippen molar-refractivity contribution in [2.75, 3.05) is 0 Å². The summed E-state index contributed by atoms with van der Waals surface area (Å²) in [7, 11) is 1.76. The average molecular weight is 395 g/mol.